The van der Waals surface area contributed by atoms with Crippen LogP contribution in [-0.4, -0.2) is 18.4 Å². The molecule has 3 aromatic rings. The number of hydrogen-bond donors (Lipinski definition) is 3. The quantitative estimate of drug-likeness (QED) is 0.424. The average molecular weight is 442 g/mol. The molecule has 0 spiro atoms. The van der Waals surface area contributed by atoms with E-state index in [0.29, 0.717) is 39.9 Å². The number of anilines is 3. The maximum Gasteiger partial charge on any atom is 0.243 e. The molecule has 0 aliphatic carbocycles. The first-order valence-corrected chi connectivity index (χ1v) is 10.2. The van der Waals surface area contributed by atoms with Gasteiger partial charge in [-0.25, -0.2) is 0 Å². The Morgan fingerprint density at radius 3 is 1.93 bits per heavy atom. The van der Waals surface area contributed by atoms with Gasteiger partial charge in [0.15, 0.2) is 0 Å². The van der Waals surface area contributed by atoms with E-state index in [9.17, 15) is 9.59 Å². The highest BCUT2D eigenvalue weighted by atomic mass is 35.5. The minimum Gasteiger partial charge on any atom is -0.376 e. The fourth-order valence-corrected chi connectivity index (χ4v) is 3.05. The number of carbonyl (C=O) groups excluding carboxylic acids is 2. The number of amides is 2. The van der Waals surface area contributed by atoms with Gasteiger partial charge in [-0.1, -0.05) is 53.5 Å². The Morgan fingerprint density at radius 1 is 0.700 bits per heavy atom. The van der Waals surface area contributed by atoms with E-state index in [2.05, 4.69) is 16.0 Å². The molecule has 0 unspecified atom stereocenters. The number of carbonyl (C=O) groups is 2. The Labute approximate surface area is 185 Å². The number of halogens is 2. The van der Waals surface area contributed by atoms with E-state index in [1.165, 1.54) is 0 Å². The number of benzene rings is 3. The molecule has 0 heterocycles. The Kier molecular flexibility index (Phi) is 7.71. The highest BCUT2D eigenvalue weighted by Crippen LogP contribution is 2.24. The third kappa shape index (κ3) is 6.79. The molecule has 3 N–H and O–H groups in total. The highest BCUT2D eigenvalue weighted by Gasteiger charge is 2.06. The van der Waals surface area contributed by atoms with Crippen LogP contribution in [0, 0.1) is 0 Å². The van der Waals surface area contributed by atoms with Crippen molar-refractivity contribution in [2.45, 2.75) is 12.8 Å². The molecule has 0 aliphatic rings. The average Bonchev–Trinajstić information content (AvgIpc) is 2.75. The molecule has 3 rings (SSSR count). The van der Waals surface area contributed by atoms with Crippen LogP contribution in [0.3, 0.4) is 0 Å². The maximum absolute atomic E-state index is 12.1. The van der Waals surface area contributed by atoms with Crippen LogP contribution in [0.1, 0.15) is 12.0 Å². The third-order valence-corrected chi connectivity index (χ3v) is 5.05. The van der Waals surface area contributed by atoms with E-state index >= 15 is 0 Å². The topological polar surface area (TPSA) is 70.2 Å². The molecule has 0 saturated carbocycles. The van der Waals surface area contributed by atoms with Gasteiger partial charge < -0.3 is 16.0 Å². The summed E-state index contributed by atoms with van der Waals surface area (Å²) in [6.45, 7) is 0.0793. The van der Waals surface area contributed by atoms with E-state index in [1.54, 1.807) is 42.5 Å². The number of hydrogen-bond acceptors (Lipinski definition) is 3. The molecule has 0 saturated heterocycles. The Hall–Kier alpha value is -3.02. The summed E-state index contributed by atoms with van der Waals surface area (Å²) >= 11 is 11.8. The zero-order valence-corrected chi connectivity index (χ0v) is 17.6. The summed E-state index contributed by atoms with van der Waals surface area (Å²) in [4.78, 5) is 24.2. The summed E-state index contributed by atoms with van der Waals surface area (Å²) in [5.41, 5.74) is 3.14. The van der Waals surface area contributed by atoms with Crippen LogP contribution in [0.4, 0.5) is 17.1 Å². The molecule has 154 valence electrons. The van der Waals surface area contributed by atoms with Gasteiger partial charge in [0.2, 0.25) is 11.8 Å². The Bertz CT molecular complexity index is 1010. The van der Waals surface area contributed by atoms with Crippen LogP contribution >= 0.6 is 23.2 Å². The van der Waals surface area contributed by atoms with Gasteiger partial charge >= 0.3 is 0 Å². The van der Waals surface area contributed by atoms with E-state index in [4.69, 9.17) is 23.2 Å². The summed E-state index contributed by atoms with van der Waals surface area (Å²) in [7, 11) is 0. The lowest BCUT2D eigenvalue weighted by Crippen LogP contribution is -2.21. The fraction of sp³-hybridized carbons (Fsp3) is 0.130. The number of rotatable bonds is 8. The first-order chi connectivity index (χ1) is 14.5. The lowest BCUT2D eigenvalue weighted by Gasteiger charge is -2.10. The lowest BCUT2D eigenvalue weighted by molar-refractivity contribution is -0.116. The molecule has 3 aromatic carbocycles. The fourth-order valence-electron chi connectivity index (χ4n) is 2.76. The summed E-state index contributed by atoms with van der Waals surface area (Å²) in [6, 6.07) is 21.9. The second-order valence-corrected chi connectivity index (χ2v) is 7.46. The van der Waals surface area contributed by atoms with Crippen molar-refractivity contribution in [3.8, 4) is 0 Å². The molecule has 5 nitrogen and oxygen atoms in total. The normalized spacial score (nSPS) is 10.3. The zero-order chi connectivity index (χ0) is 21.3. The molecular weight excluding hydrogens is 421 g/mol. The third-order valence-electron chi connectivity index (χ3n) is 4.31. The predicted octanol–water partition coefficient (Wildman–Crippen LogP) is 5.62. The molecule has 7 heteroatoms. The van der Waals surface area contributed by atoms with E-state index in [0.717, 1.165) is 5.56 Å². The largest absolute Gasteiger partial charge is 0.376 e. The monoisotopic (exact) mass is 441 g/mol. The Balaban J connectivity index is 1.43. The summed E-state index contributed by atoms with van der Waals surface area (Å²) in [6.07, 6.45) is 1.09. The molecule has 2 amide bonds. The molecule has 0 radical (unpaired) electrons. The molecule has 0 fully saturated rings. The van der Waals surface area contributed by atoms with Crippen molar-refractivity contribution in [3.63, 3.8) is 0 Å². The van der Waals surface area contributed by atoms with Gasteiger partial charge in [-0.15, -0.1) is 0 Å². The SMILES string of the molecule is O=C(CCc1ccccc1)Nc1ccc(NC(=O)CNc2ccc(Cl)c(Cl)c2)cc1. The second-order valence-electron chi connectivity index (χ2n) is 6.64. The standard InChI is InChI=1S/C23H21Cl2N3O2/c24-20-12-11-19(14-21(20)25)26-15-23(30)28-18-9-7-17(8-10-18)27-22(29)13-6-16-4-2-1-3-5-16/h1-5,7-12,14,26H,6,13,15H2,(H,27,29)(H,28,30). The van der Waals surface area contributed by atoms with Crippen LogP contribution < -0.4 is 16.0 Å². The van der Waals surface area contributed by atoms with Gasteiger partial charge in [0.05, 0.1) is 16.6 Å². The van der Waals surface area contributed by atoms with Crippen molar-refractivity contribution in [2.24, 2.45) is 0 Å². The number of nitrogens with one attached hydrogen (secondary N) is 3. The van der Waals surface area contributed by atoms with Crippen molar-refractivity contribution >= 4 is 52.1 Å². The minimum atomic E-state index is -0.208. The Morgan fingerprint density at radius 2 is 1.30 bits per heavy atom. The maximum atomic E-state index is 12.1. The molecule has 0 bridgehead atoms. The van der Waals surface area contributed by atoms with Crippen LogP contribution in [0.15, 0.2) is 72.8 Å². The van der Waals surface area contributed by atoms with E-state index in [-0.39, 0.29) is 18.4 Å². The molecule has 30 heavy (non-hydrogen) atoms. The first-order valence-electron chi connectivity index (χ1n) is 9.42. The second kappa shape index (κ2) is 10.7. The van der Waals surface area contributed by atoms with Gasteiger partial charge in [-0.05, 0) is 54.4 Å². The highest BCUT2D eigenvalue weighted by molar-refractivity contribution is 6.42. The molecular formula is C23H21Cl2N3O2. The van der Waals surface area contributed by atoms with Gasteiger partial charge in [0.1, 0.15) is 0 Å². The minimum absolute atomic E-state index is 0.0542. The number of aryl methyl sites for hydroxylation is 1. The van der Waals surface area contributed by atoms with Crippen molar-refractivity contribution in [3.05, 3.63) is 88.4 Å². The molecule has 0 aliphatic heterocycles. The summed E-state index contributed by atoms with van der Waals surface area (Å²) in [5, 5.41) is 9.52. The van der Waals surface area contributed by atoms with Crippen molar-refractivity contribution in [1.82, 2.24) is 0 Å². The van der Waals surface area contributed by atoms with Gasteiger partial charge in [-0.3, -0.25) is 9.59 Å². The van der Waals surface area contributed by atoms with Gasteiger partial charge in [0.25, 0.3) is 0 Å². The molecule has 0 atom stereocenters. The summed E-state index contributed by atoms with van der Waals surface area (Å²) < 4.78 is 0. The van der Waals surface area contributed by atoms with Crippen molar-refractivity contribution in [2.75, 3.05) is 22.5 Å². The smallest absolute Gasteiger partial charge is 0.243 e. The zero-order valence-electron chi connectivity index (χ0n) is 16.1. The predicted molar refractivity (Wildman–Crippen MR) is 123 cm³/mol. The molecule has 0 aromatic heterocycles. The van der Waals surface area contributed by atoms with E-state index in [1.807, 2.05) is 30.3 Å². The van der Waals surface area contributed by atoms with Crippen molar-refractivity contribution < 1.29 is 9.59 Å². The first kappa shape index (κ1) is 21.7. The lowest BCUT2D eigenvalue weighted by atomic mass is 10.1. The van der Waals surface area contributed by atoms with Crippen LogP contribution in [0.5, 0.6) is 0 Å². The van der Waals surface area contributed by atoms with E-state index < -0.39 is 0 Å². The van der Waals surface area contributed by atoms with Crippen LogP contribution in [0.25, 0.3) is 0 Å². The van der Waals surface area contributed by atoms with Crippen LogP contribution in [0.2, 0.25) is 10.0 Å². The van der Waals surface area contributed by atoms with Gasteiger partial charge in [0, 0.05) is 23.5 Å². The van der Waals surface area contributed by atoms with Crippen molar-refractivity contribution in [1.29, 1.82) is 0 Å². The summed E-state index contributed by atoms with van der Waals surface area (Å²) in [5.74, 6) is -0.262. The van der Waals surface area contributed by atoms with Crippen LogP contribution in [-0.2, 0) is 16.0 Å². The van der Waals surface area contributed by atoms with Gasteiger partial charge in [-0.2, -0.15) is 0 Å².